The molecule has 1 unspecified atom stereocenters. The molecule has 0 aromatic carbocycles. The molecule has 0 bridgehead atoms. The van der Waals surface area contributed by atoms with E-state index in [2.05, 4.69) is 10.2 Å². The van der Waals surface area contributed by atoms with Crippen molar-refractivity contribution in [3.8, 4) is 0 Å². The number of nitrogens with two attached hydrogens (primary N) is 1. The van der Waals surface area contributed by atoms with Gasteiger partial charge in [-0.25, -0.2) is 4.79 Å². The van der Waals surface area contributed by atoms with Crippen LogP contribution in [0.25, 0.3) is 0 Å². The molecule has 70 valence electrons. The van der Waals surface area contributed by atoms with Crippen LogP contribution in [-0.2, 0) is 9.63 Å². The van der Waals surface area contributed by atoms with Crippen molar-refractivity contribution in [2.24, 2.45) is 5.90 Å². The highest BCUT2D eigenvalue weighted by Crippen LogP contribution is 2.01. The molecule has 1 aliphatic rings. The molecule has 0 aliphatic carbocycles. The van der Waals surface area contributed by atoms with E-state index in [9.17, 15) is 4.79 Å². The van der Waals surface area contributed by atoms with Crippen molar-refractivity contribution >= 4 is 5.97 Å². The van der Waals surface area contributed by atoms with E-state index in [-0.39, 0.29) is 12.0 Å². The molecule has 1 heterocycles. The van der Waals surface area contributed by atoms with Gasteiger partial charge in [0.05, 0.1) is 0 Å². The number of carbonyl (C=O) groups is 1. The average Bonchev–Trinajstić information content (AvgIpc) is 2.17. The molecular formula is C7H15N3O2. The summed E-state index contributed by atoms with van der Waals surface area (Å²) in [7, 11) is 0. The fourth-order valence-corrected chi connectivity index (χ4v) is 1.32. The van der Waals surface area contributed by atoms with Crippen LogP contribution in [0.3, 0.4) is 0 Å². The summed E-state index contributed by atoms with van der Waals surface area (Å²) in [5.74, 6) is 4.42. The lowest BCUT2D eigenvalue weighted by Crippen LogP contribution is -2.50. The van der Waals surface area contributed by atoms with E-state index in [1.54, 1.807) is 6.92 Å². The molecule has 0 aromatic rings. The monoisotopic (exact) mass is 173 g/mol. The summed E-state index contributed by atoms with van der Waals surface area (Å²) in [6.45, 7) is 5.39. The van der Waals surface area contributed by atoms with Crippen LogP contribution < -0.4 is 11.2 Å². The summed E-state index contributed by atoms with van der Waals surface area (Å²) in [6, 6.07) is -0.225. The first-order valence-corrected chi connectivity index (χ1v) is 4.11. The van der Waals surface area contributed by atoms with Gasteiger partial charge < -0.3 is 10.2 Å². The van der Waals surface area contributed by atoms with Gasteiger partial charge in [0.25, 0.3) is 0 Å². The summed E-state index contributed by atoms with van der Waals surface area (Å²) in [5.41, 5.74) is 0. The first-order valence-electron chi connectivity index (χ1n) is 4.11. The van der Waals surface area contributed by atoms with E-state index >= 15 is 0 Å². The van der Waals surface area contributed by atoms with Gasteiger partial charge in [-0.15, -0.1) is 0 Å². The van der Waals surface area contributed by atoms with Gasteiger partial charge in [0.1, 0.15) is 6.04 Å². The maximum Gasteiger partial charge on any atom is 0.341 e. The van der Waals surface area contributed by atoms with E-state index in [1.807, 2.05) is 4.90 Å². The Morgan fingerprint density at radius 3 is 2.67 bits per heavy atom. The summed E-state index contributed by atoms with van der Waals surface area (Å²) in [6.07, 6.45) is 0. The van der Waals surface area contributed by atoms with E-state index < -0.39 is 0 Å². The number of carbonyl (C=O) groups excluding carboxylic acids is 1. The fourth-order valence-electron chi connectivity index (χ4n) is 1.32. The standard InChI is InChI=1S/C7H15N3O2/c1-6(7(11)12-8)10-4-2-9-3-5-10/h6,9H,2-5,8H2,1H3. The van der Waals surface area contributed by atoms with Gasteiger partial charge in [-0.3, -0.25) is 4.90 Å². The van der Waals surface area contributed by atoms with E-state index in [1.165, 1.54) is 0 Å². The molecule has 12 heavy (non-hydrogen) atoms. The van der Waals surface area contributed by atoms with E-state index in [0.29, 0.717) is 0 Å². The molecule has 0 saturated carbocycles. The summed E-state index contributed by atoms with van der Waals surface area (Å²) in [5, 5.41) is 3.20. The number of nitrogens with zero attached hydrogens (tertiary/aromatic N) is 1. The van der Waals surface area contributed by atoms with Crippen LogP contribution in [0.1, 0.15) is 6.92 Å². The molecule has 0 aromatic heterocycles. The minimum atomic E-state index is -0.364. The Morgan fingerprint density at radius 1 is 1.58 bits per heavy atom. The highest BCUT2D eigenvalue weighted by atomic mass is 16.7. The van der Waals surface area contributed by atoms with Crippen LogP contribution in [0, 0.1) is 0 Å². The van der Waals surface area contributed by atoms with Crippen molar-refractivity contribution in [1.29, 1.82) is 0 Å². The predicted octanol–water partition coefficient (Wildman–Crippen LogP) is -1.30. The lowest BCUT2D eigenvalue weighted by molar-refractivity contribution is -0.150. The van der Waals surface area contributed by atoms with Crippen molar-refractivity contribution in [3.05, 3.63) is 0 Å². The van der Waals surface area contributed by atoms with Gasteiger partial charge in [-0.1, -0.05) is 0 Å². The Bertz CT molecular complexity index is 157. The van der Waals surface area contributed by atoms with Crippen molar-refractivity contribution in [2.75, 3.05) is 26.2 Å². The van der Waals surface area contributed by atoms with Gasteiger partial charge in [-0.05, 0) is 6.92 Å². The van der Waals surface area contributed by atoms with Crippen LogP contribution in [0.5, 0.6) is 0 Å². The Hall–Kier alpha value is -0.650. The third kappa shape index (κ3) is 2.17. The van der Waals surface area contributed by atoms with Gasteiger partial charge in [0.15, 0.2) is 0 Å². The van der Waals surface area contributed by atoms with Crippen LogP contribution in [0.2, 0.25) is 0 Å². The highest BCUT2D eigenvalue weighted by Gasteiger charge is 2.23. The molecule has 3 N–H and O–H groups in total. The van der Waals surface area contributed by atoms with Crippen molar-refractivity contribution in [3.63, 3.8) is 0 Å². The molecular weight excluding hydrogens is 158 g/mol. The molecule has 1 fully saturated rings. The zero-order chi connectivity index (χ0) is 8.97. The Balaban J connectivity index is 2.39. The van der Waals surface area contributed by atoms with Crippen molar-refractivity contribution in [1.82, 2.24) is 10.2 Å². The summed E-state index contributed by atoms with van der Waals surface area (Å²) < 4.78 is 0. The Labute approximate surface area is 71.8 Å². The minimum Gasteiger partial charge on any atom is -0.372 e. The van der Waals surface area contributed by atoms with Crippen molar-refractivity contribution < 1.29 is 9.63 Å². The zero-order valence-electron chi connectivity index (χ0n) is 7.25. The van der Waals surface area contributed by atoms with Crippen LogP contribution in [0.15, 0.2) is 0 Å². The average molecular weight is 173 g/mol. The largest absolute Gasteiger partial charge is 0.372 e. The second kappa shape index (κ2) is 4.39. The molecule has 1 rings (SSSR count). The van der Waals surface area contributed by atoms with Crippen LogP contribution >= 0.6 is 0 Å². The number of piperazine rings is 1. The van der Waals surface area contributed by atoms with Crippen LogP contribution in [-0.4, -0.2) is 43.1 Å². The molecule has 0 spiro atoms. The van der Waals surface area contributed by atoms with Gasteiger partial charge in [-0.2, -0.15) is 5.90 Å². The lowest BCUT2D eigenvalue weighted by atomic mass is 10.2. The molecule has 1 saturated heterocycles. The van der Waals surface area contributed by atoms with Gasteiger partial charge in [0.2, 0.25) is 0 Å². The number of rotatable bonds is 2. The second-order valence-electron chi connectivity index (χ2n) is 2.90. The molecule has 0 amide bonds. The quantitative estimate of drug-likeness (QED) is 0.508. The molecule has 5 nitrogen and oxygen atoms in total. The first-order chi connectivity index (χ1) is 5.75. The first kappa shape index (κ1) is 9.44. The SMILES string of the molecule is CC(C(=O)ON)N1CCNCC1. The second-order valence-corrected chi connectivity index (χ2v) is 2.90. The number of nitrogens with one attached hydrogen (secondary N) is 1. The maximum atomic E-state index is 11.0. The Morgan fingerprint density at radius 2 is 2.17 bits per heavy atom. The third-order valence-corrected chi connectivity index (χ3v) is 2.16. The maximum absolute atomic E-state index is 11.0. The molecule has 5 heteroatoms. The minimum absolute atomic E-state index is 0.225. The number of hydrogen-bond acceptors (Lipinski definition) is 5. The third-order valence-electron chi connectivity index (χ3n) is 2.16. The Kier molecular flexibility index (Phi) is 3.46. The van der Waals surface area contributed by atoms with E-state index in [0.717, 1.165) is 26.2 Å². The normalized spacial score (nSPS) is 21.8. The fraction of sp³-hybridized carbons (Fsp3) is 0.857. The molecule has 0 radical (unpaired) electrons. The number of hydrogen-bond donors (Lipinski definition) is 2. The van der Waals surface area contributed by atoms with Crippen LogP contribution in [0.4, 0.5) is 0 Å². The smallest absolute Gasteiger partial charge is 0.341 e. The van der Waals surface area contributed by atoms with Gasteiger partial charge >= 0.3 is 5.97 Å². The molecule has 1 aliphatic heterocycles. The summed E-state index contributed by atoms with van der Waals surface area (Å²) in [4.78, 5) is 17.2. The topological polar surface area (TPSA) is 67.6 Å². The highest BCUT2D eigenvalue weighted by molar-refractivity contribution is 5.74. The van der Waals surface area contributed by atoms with Gasteiger partial charge in [0, 0.05) is 26.2 Å². The van der Waals surface area contributed by atoms with E-state index in [4.69, 9.17) is 5.90 Å². The zero-order valence-corrected chi connectivity index (χ0v) is 7.25. The summed E-state index contributed by atoms with van der Waals surface area (Å²) >= 11 is 0. The molecule has 1 atom stereocenters. The van der Waals surface area contributed by atoms with Crippen molar-refractivity contribution in [2.45, 2.75) is 13.0 Å². The predicted molar refractivity (Wildman–Crippen MR) is 44.2 cm³/mol. The lowest BCUT2D eigenvalue weighted by Gasteiger charge is -2.30.